The van der Waals surface area contributed by atoms with Gasteiger partial charge in [0.1, 0.15) is 12.4 Å². The number of aryl methyl sites for hydroxylation is 1. The molecule has 1 heterocycles. The maximum Gasteiger partial charge on any atom is 0.224 e. The van der Waals surface area contributed by atoms with E-state index in [-0.39, 0.29) is 6.04 Å². The number of aliphatic hydroxyl groups is 1. The van der Waals surface area contributed by atoms with Gasteiger partial charge in [0.15, 0.2) is 0 Å². The molecule has 1 aromatic rings. The number of aromatic nitrogens is 1. The van der Waals surface area contributed by atoms with Crippen molar-refractivity contribution in [2.45, 2.75) is 38.8 Å². The molecule has 4 nitrogen and oxygen atoms in total. The molecule has 0 fully saturated rings. The molecular weight excluding hydrogens is 168 g/mol. The van der Waals surface area contributed by atoms with Gasteiger partial charge in [0.25, 0.3) is 0 Å². The van der Waals surface area contributed by atoms with Gasteiger partial charge in [-0.25, -0.2) is 4.98 Å². The quantitative estimate of drug-likeness (QED) is 0.736. The molecule has 1 rings (SSSR count). The summed E-state index contributed by atoms with van der Waals surface area (Å²) in [6.07, 6.45) is 2.44. The van der Waals surface area contributed by atoms with E-state index in [0.29, 0.717) is 5.89 Å². The molecule has 0 saturated heterocycles. The third-order valence-electron chi connectivity index (χ3n) is 1.92. The summed E-state index contributed by atoms with van der Waals surface area (Å²) in [6.45, 7) is 3.83. The van der Waals surface area contributed by atoms with Crippen molar-refractivity contribution in [3.05, 3.63) is 17.8 Å². The molecule has 4 heteroatoms. The molecular formula is C9H16N2O2. The van der Waals surface area contributed by atoms with Crippen molar-refractivity contribution in [2.75, 3.05) is 0 Å². The smallest absolute Gasteiger partial charge is 0.224 e. The molecule has 0 aliphatic heterocycles. The molecule has 1 aromatic heterocycles. The largest absolute Gasteiger partial charge is 0.446 e. The van der Waals surface area contributed by atoms with E-state index in [1.807, 2.05) is 13.8 Å². The predicted molar refractivity (Wildman–Crippen MR) is 49.1 cm³/mol. The molecule has 0 aliphatic carbocycles. The van der Waals surface area contributed by atoms with Gasteiger partial charge in [-0.3, -0.25) is 0 Å². The van der Waals surface area contributed by atoms with E-state index in [4.69, 9.17) is 10.2 Å². The molecule has 0 bridgehead atoms. The Morgan fingerprint density at radius 2 is 2.38 bits per heavy atom. The summed E-state index contributed by atoms with van der Waals surface area (Å²) >= 11 is 0. The summed E-state index contributed by atoms with van der Waals surface area (Å²) in [5.74, 6) is 0.318. The van der Waals surface area contributed by atoms with Gasteiger partial charge in [-0.1, -0.05) is 13.3 Å². The second-order valence-corrected chi connectivity index (χ2v) is 3.22. The normalized spacial score (nSPS) is 15.7. The molecule has 3 N–H and O–H groups in total. The highest BCUT2D eigenvalue weighted by atomic mass is 16.4. The maximum absolute atomic E-state index is 9.65. The zero-order valence-electron chi connectivity index (χ0n) is 8.03. The lowest BCUT2D eigenvalue weighted by atomic mass is 10.1. The van der Waals surface area contributed by atoms with Crippen LogP contribution in [0.2, 0.25) is 0 Å². The van der Waals surface area contributed by atoms with Crippen LogP contribution in [0.1, 0.15) is 37.5 Å². The molecule has 0 radical (unpaired) electrons. The van der Waals surface area contributed by atoms with Crippen molar-refractivity contribution in [3.8, 4) is 0 Å². The number of aliphatic hydroxyl groups excluding tert-OH is 1. The highest BCUT2D eigenvalue weighted by Gasteiger charge is 2.20. The van der Waals surface area contributed by atoms with Crippen LogP contribution in [0.4, 0.5) is 0 Å². The van der Waals surface area contributed by atoms with Crippen LogP contribution in [0, 0.1) is 6.92 Å². The van der Waals surface area contributed by atoms with Crippen LogP contribution in [0.3, 0.4) is 0 Å². The molecule has 2 unspecified atom stereocenters. The van der Waals surface area contributed by atoms with Gasteiger partial charge in [0.05, 0.1) is 5.69 Å². The van der Waals surface area contributed by atoms with Crippen LogP contribution in [-0.4, -0.2) is 16.1 Å². The standard InChI is InChI=1S/C9H16N2O2/c1-3-4-7(10)8(12)9-11-6(2)5-13-9/h5,7-8,12H,3-4,10H2,1-2H3. The Bertz CT molecular complexity index is 260. The molecule has 0 saturated carbocycles. The van der Waals surface area contributed by atoms with Crippen LogP contribution in [0.25, 0.3) is 0 Å². The van der Waals surface area contributed by atoms with Gasteiger partial charge in [0, 0.05) is 6.04 Å². The zero-order chi connectivity index (χ0) is 9.84. The lowest BCUT2D eigenvalue weighted by molar-refractivity contribution is 0.111. The average Bonchev–Trinajstić information content (AvgIpc) is 2.51. The Hall–Kier alpha value is -0.870. The second-order valence-electron chi connectivity index (χ2n) is 3.22. The van der Waals surface area contributed by atoms with Crippen LogP contribution in [-0.2, 0) is 0 Å². The van der Waals surface area contributed by atoms with Crippen molar-refractivity contribution in [3.63, 3.8) is 0 Å². The first-order chi connectivity index (χ1) is 6.15. The van der Waals surface area contributed by atoms with E-state index in [2.05, 4.69) is 4.98 Å². The highest BCUT2D eigenvalue weighted by molar-refractivity contribution is 4.97. The first-order valence-corrected chi connectivity index (χ1v) is 4.50. The lowest BCUT2D eigenvalue weighted by Gasteiger charge is -2.14. The van der Waals surface area contributed by atoms with Gasteiger partial charge >= 0.3 is 0 Å². The lowest BCUT2D eigenvalue weighted by Crippen LogP contribution is -2.28. The fourth-order valence-electron chi connectivity index (χ4n) is 1.18. The number of nitrogens with two attached hydrogens (primary N) is 1. The topological polar surface area (TPSA) is 72.3 Å². The molecule has 0 spiro atoms. The minimum atomic E-state index is -0.784. The minimum absolute atomic E-state index is 0.289. The summed E-state index contributed by atoms with van der Waals surface area (Å²) < 4.78 is 5.05. The number of rotatable bonds is 4. The van der Waals surface area contributed by atoms with Gasteiger partial charge in [0.2, 0.25) is 5.89 Å². The maximum atomic E-state index is 9.65. The van der Waals surface area contributed by atoms with E-state index in [9.17, 15) is 5.11 Å². The minimum Gasteiger partial charge on any atom is -0.446 e. The van der Waals surface area contributed by atoms with Crippen LogP contribution < -0.4 is 5.73 Å². The SMILES string of the molecule is CCCC(N)C(O)c1nc(C)co1. The van der Waals surface area contributed by atoms with Gasteiger partial charge < -0.3 is 15.3 Å². The molecule has 74 valence electrons. The fourth-order valence-corrected chi connectivity index (χ4v) is 1.18. The Morgan fingerprint density at radius 1 is 1.69 bits per heavy atom. The fraction of sp³-hybridized carbons (Fsp3) is 0.667. The molecule has 2 atom stereocenters. The summed E-state index contributed by atoms with van der Waals surface area (Å²) in [6, 6.07) is -0.289. The Kier molecular flexibility index (Phi) is 3.45. The van der Waals surface area contributed by atoms with Crippen molar-refractivity contribution in [1.82, 2.24) is 4.98 Å². The van der Waals surface area contributed by atoms with E-state index >= 15 is 0 Å². The number of hydrogen-bond donors (Lipinski definition) is 2. The molecule has 0 amide bonds. The van der Waals surface area contributed by atoms with Crippen LogP contribution in [0.15, 0.2) is 10.7 Å². The molecule has 0 aromatic carbocycles. The molecule has 13 heavy (non-hydrogen) atoms. The first-order valence-electron chi connectivity index (χ1n) is 4.50. The zero-order valence-corrected chi connectivity index (χ0v) is 8.03. The average molecular weight is 184 g/mol. The Labute approximate surface area is 77.8 Å². The van der Waals surface area contributed by atoms with Crippen molar-refractivity contribution in [2.24, 2.45) is 5.73 Å². The third-order valence-corrected chi connectivity index (χ3v) is 1.92. The van der Waals surface area contributed by atoms with Crippen molar-refractivity contribution >= 4 is 0 Å². The monoisotopic (exact) mass is 184 g/mol. The summed E-state index contributed by atoms with van der Waals surface area (Å²) in [7, 11) is 0. The van der Waals surface area contributed by atoms with Crippen LogP contribution in [0.5, 0.6) is 0 Å². The summed E-state index contributed by atoms with van der Waals surface area (Å²) in [5.41, 5.74) is 6.48. The van der Waals surface area contributed by atoms with Crippen molar-refractivity contribution in [1.29, 1.82) is 0 Å². The van der Waals surface area contributed by atoms with E-state index in [0.717, 1.165) is 18.5 Å². The summed E-state index contributed by atoms with van der Waals surface area (Å²) in [5, 5.41) is 9.65. The second kappa shape index (κ2) is 4.39. The third kappa shape index (κ3) is 2.54. The predicted octanol–water partition coefficient (Wildman–Crippen LogP) is 1.14. The van der Waals surface area contributed by atoms with E-state index < -0.39 is 6.10 Å². The number of hydrogen-bond acceptors (Lipinski definition) is 4. The Balaban J connectivity index is 2.61. The van der Waals surface area contributed by atoms with Gasteiger partial charge in [-0.05, 0) is 13.3 Å². The van der Waals surface area contributed by atoms with Crippen molar-refractivity contribution < 1.29 is 9.52 Å². The van der Waals surface area contributed by atoms with E-state index in [1.165, 1.54) is 6.26 Å². The summed E-state index contributed by atoms with van der Waals surface area (Å²) in [4.78, 5) is 4.02. The highest BCUT2D eigenvalue weighted by Crippen LogP contribution is 2.17. The van der Waals surface area contributed by atoms with Gasteiger partial charge in [-0.2, -0.15) is 0 Å². The van der Waals surface area contributed by atoms with Gasteiger partial charge in [-0.15, -0.1) is 0 Å². The van der Waals surface area contributed by atoms with E-state index in [1.54, 1.807) is 0 Å². The number of oxazole rings is 1. The first kappa shape index (κ1) is 10.2. The Morgan fingerprint density at radius 3 is 2.85 bits per heavy atom. The number of nitrogens with zero attached hydrogens (tertiary/aromatic N) is 1. The molecule has 0 aliphatic rings. The van der Waals surface area contributed by atoms with Crippen LogP contribution >= 0.6 is 0 Å².